The molecule has 1 aromatic heterocycles. The number of likely N-dealkylation sites (tertiary alicyclic amines) is 1. The van der Waals surface area contributed by atoms with Crippen LogP contribution in [-0.2, 0) is 0 Å². The number of piperidine rings is 1. The lowest BCUT2D eigenvalue weighted by Gasteiger charge is -2.41. The van der Waals surface area contributed by atoms with Crippen molar-refractivity contribution in [2.75, 3.05) is 39.1 Å². The zero-order valence-corrected chi connectivity index (χ0v) is 22.8. The molecule has 0 bridgehead atoms. The summed E-state index contributed by atoms with van der Waals surface area (Å²) in [5, 5.41) is 11.3. The van der Waals surface area contributed by atoms with E-state index in [0.29, 0.717) is 40.1 Å². The van der Waals surface area contributed by atoms with Crippen LogP contribution in [-0.4, -0.2) is 54.1 Å². The predicted molar refractivity (Wildman–Crippen MR) is 148 cm³/mol. The zero-order valence-electron chi connectivity index (χ0n) is 21.2. The predicted octanol–water partition coefficient (Wildman–Crippen LogP) is 7.25. The van der Waals surface area contributed by atoms with Crippen LogP contribution >= 0.6 is 23.4 Å². The van der Waals surface area contributed by atoms with Gasteiger partial charge in [0.25, 0.3) is 0 Å². The average molecular weight is 531 g/mol. The molecule has 1 fully saturated rings. The van der Waals surface area contributed by atoms with Crippen LogP contribution in [0, 0.1) is 12.3 Å². The van der Waals surface area contributed by atoms with Crippen LogP contribution in [0.2, 0.25) is 5.02 Å². The summed E-state index contributed by atoms with van der Waals surface area (Å²) < 4.78 is 20.9. The summed E-state index contributed by atoms with van der Waals surface area (Å²) in [6, 6.07) is 14.1. The van der Waals surface area contributed by atoms with E-state index in [0.717, 1.165) is 44.6 Å². The molecule has 1 aliphatic heterocycles. The second-order valence-electron chi connectivity index (χ2n) is 9.93. The number of hydrogen-bond acceptors (Lipinski definition) is 5. The molecule has 4 nitrogen and oxygen atoms in total. The van der Waals surface area contributed by atoms with Crippen LogP contribution < -0.4 is 4.74 Å². The van der Waals surface area contributed by atoms with Crippen LogP contribution in [0.4, 0.5) is 4.39 Å². The second kappa shape index (κ2) is 12.6. The van der Waals surface area contributed by atoms with Gasteiger partial charge in [0.1, 0.15) is 11.9 Å². The molecule has 1 N–H and O–H groups in total. The minimum atomic E-state index is -1.23. The molecule has 1 aliphatic rings. The quantitative estimate of drug-likeness (QED) is 0.209. The van der Waals surface area contributed by atoms with Gasteiger partial charge >= 0.3 is 0 Å². The third-order valence-corrected chi connectivity index (χ3v) is 8.82. The Morgan fingerprint density at radius 1 is 1.22 bits per heavy atom. The highest BCUT2D eigenvalue weighted by Crippen LogP contribution is 2.42. The Balaban J connectivity index is 1.29. The molecule has 0 amide bonds. The van der Waals surface area contributed by atoms with E-state index in [1.54, 1.807) is 13.2 Å². The average Bonchev–Trinajstić information content (AvgIpc) is 2.90. The van der Waals surface area contributed by atoms with Gasteiger partial charge in [-0.05, 0) is 100 Å². The SMILES string of the molecule is COc1ccc2ncc(Cl)c(C(F)CCC3(CO)CCN(CCCSc4cccc(C)c4)CC3)c2c1. The molecule has 36 heavy (non-hydrogen) atoms. The van der Waals surface area contributed by atoms with Crippen molar-refractivity contribution < 1.29 is 14.2 Å². The lowest BCUT2D eigenvalue weighted by Crippen LogP contribution is -2.42. The minimum absolute atomic E-state index is 0.0927. The van der Waals surface area contributed by atoms with Crippen LogP contribution in [0.5, 0.6) is 5.75 Å². The summed E-state index contributed by atoms with van der Waals surface area (Å²) in [6.07, 6.45) is 4.16. The summed E-state index contributed by atoms with van der Waals surface area (Å²) in [6.45, 7) is 5.18. The molecule has 1 unspecified atom stereocenters. The van der Waals surface area contributed by atoms with Crippen molar-refractivity contribution >= 4 is 34.3 Å². The zero-order chi connectivity index (χ0) is 25.5. The number of benzene rings is 2. The van der Waals surface area contributed by atoms with E-state index in [4.69, 9.17) is 16.3 Å². The number of alkyl halides is 1. The second-order valence-corrected chi connectivity index (χ2v) is 11.5. The Kier molecular flexibility index (Phi) is 9.51. The summed E-state index contributed by atoms with van der Waals surface area (Å²) in [5.74, 6) is 1.75. The molecule has 0 aliphatic carbocycles. The number of methoxy groups -OCH3 is 1. The maximum atomic E-state index is 15.6. The fourth-order valence-electron chi connectivity index (χ4n) is 5.11. The largest absolute Gasteiger partial charge is 0.497 e. The minimum Gasteiger partial charge on any atom is -0.497 e. The molecule has 4 rings (SSSR count). The molecular formula is C29H36ClFN2O2S. The normalized spacial score (nSPS) is 16.8. The number of nitrogens with zero attached hydrogens (tertiary/aromatic N) is 2. The summed E-state index contributed by atoms with van der Waals surface area (Å²) >= 11 is 8.32. The fraction of sp³-hybridized carbons (Fsp3) is 0.483. The smallest absolute Gasteiger partial charge is 0.127 e. The van der Waals surface area contributed by atoms with Gasteiger partial charge in [-0.3, -0.25) is 4.98 Å². The first kappa shape index (κ1) is 27.2. The van der Waals surface area contributed by atoms with Gasteiger partial charge in [-0.15, -0.1) is 11.8 Å². The highest BCUT2D eigenvalue weighted by atomic mass is 35.5. The Bertz CT molecular complexity index is 1150. The molecule has 2 heterocycles. The van der Waals surface area contributed by atoms with E-state index in [1.807, 2.05) is 23.9 Å². The molecule has 0 saturated carbocycles. The van der Waals surface area contributed by atoms with Crippen molar-refractivity contribution in [3.8, 4) is 5.75 Å². The van der Waals surface area contributed by atoms with E-state index in [9.17, 15) is 5.11 Å². The van der Waals surface area contributed by atoms with E-state index in [2.05, 4.69) is 41.1 Å². The highest BCUT2D eigenvalue weighted by Gasteiger charge is 2.35. The molecule has 1 atom stereocenters. The Morgan fingerprint density at radius 3 is 2.75 bits per heavy atom. The fourth-order valence-corrected chi connectivity index (χ4v) is 6.33. The summed E-state index contributed by atoms with van der Waals surface area (Å²) in [7, 11) is 1.59. The van der Waals surface area contributed by atoms with Crippen molar-refractivity contribution in [2.45, 2.75) is 50.1 Å². The number of aliphatic hydroxyl groups is 1. The maximum Gasteiger partial charge on any atom is 0.127 e. The van der Waals surface area contributed by atoms with Crippen LogP contribution in [0.15, 0.2) is 53.6 Å². The number of aryl methyl sites for hydroxylation is 1. The molecule has 2 aromatic carbocycles. The number of fused-ring (bicyclic) bond motifs is 1. The molecule has 1 saturated heterocycles. The number of aromatic nitrogens is 1. The lowest BCUT2D eigenvalue weighted by molar-refractivity contribution is 0.0304. The highest BCUT2D eigenvalue weighted by molar-refractivity contribution is 7.99. The standard InChI is InChI=1S/C29H36ClFN2O2S/c1-21-5-3-6-23(17-21)36-16-4-13-33-14-11-29(20-34,12-15-33)10-9-26(31)28-24-18-22(35-2)7-8-27(24)32-19-25(28)30/h3,5-8,17-19,26,34H,4,9-16,20H2,1-2H3. The first-order valence-corrected chi connectivity index (χ1v) is 14.1. The van der Waals surface area contributed by atoms with Gasteiger partial charge < -0.3 is 14.7 Å². The summed E-state index contributed by atoms with van der Waals surface area (Å²) in [5.41, 5.74) is 2.23. The lowest BCUT2D eigenvalue weighted by atomic mass is 9.74. The number of aliphatic hydroxyl groups excluding tert-OH is 1. The van der Waals surface area contributed by atoms with Gasteiger partial charge in [-0.25, -0.2) is 4.39 Å². The number of pyridine rings is 1. The molecule has 194 valence electrons. The molecule has 7 heteroatoms. The van der Waals surface area contributed by atoms with E-state index in [-0.39, 0.29) is 12.0 Å². The van der Waals surface area contributed by atoms with Crippen LogP contribution in [0.1, 0.15) is 49.4 Å². The third kappa shape index (κ3) is 6.71. The van der Waals surface area contributed by atoms with E-state index in [1.165, 1.54) is 16.7 Å². The van der Waals surface area contributed by atoms with Gasteiger partial charge in [0, 0.05) is 28.6 Å². The van der Waals surface area contributed by atoms with Crippen molar-refractivity contribution in [1.82, 2.24) is 9.88 Å². The molecular weight excluding hydrogens is 495 g/mol. The Hall–Kier alpha value is -1.86. The van der Waals surface area contributed by atoms with Gasteiger partial charge in [0.05, 0.1) is 17.6 Å². The van der Waals surface area contributed by atoms with Crippen molar-refractivity contribution in [2.24, 2.45) is 5.41 Å². The van der Waals surface area contributed by atoms with Gasteiger partial charge in [-0.1, -0.05) is 29.3 Å². The number of halogens is 2. The monoisotopic (exact) mass is 530 g/mol. The first-order chi connectivity index (χ1) is 17.4. The number of thioether (sulfide) groups is 1. The van der Waals surface area contributed by atoms with E-state index < -0.39 is 6.17 Å². The van der Waals surface area contributed by atoms with Gasteiger partial charge in [0.2, 0.25) is 0 Å². The number of rotatable bonds is 11. The number of hydrogen-bond donors (Lipinski definition) is 1. The van der Waals surface area contributed by atoms with Crippen LogP contribution in [0.25, 0.3) is 10.9 Å². The van der Waals surface area contributed by atoms with Crippen molar-refractivity contribution in [3.63, 3.8) is 0 Å². The molecule has 0 spiro atoms. The van der Waals surface area contributed by atoms with Gasteiger partial charge in [0.15, 0.2) is 0 Å². The van der Waals surface area contributed by atoms with Crippen molar-refractivity contribution in [1.29, 1.82) is 0 Å². The van der Waals surface area contributed by atoms with E-state index >= 15 is 4.39 Å². The topological polar surface area (TPSA) is 45.6 Å². The summed E-state index contributed by atoms with van der Waals surface area (Å²) in [4.78, 5) is 8.15. The Morgan fingerprint density at radius 2 is 2.03 bits per heavy atom. The molecule has 3 aromatic rings. The van der Waals surface area contributed by atoms with Gasteiger partial charge in [-0.2, -0.15) is 0 Å². The third-order valence-electron chi connectivity index (χ3n) is 7.44. The maximum absolute atomic E-state index is 15.6. The number of ether oxygens (including phenoxy) is 1. The van der Waals surface area contributed by atoms with Crippen LogP contribution in [0.3, 0.4) is 0 Å². The first-order valence-electron chi connectivity index (χ1n) is 12.7. The van der Waals surface area contributed by atoms with Crippen molar-refractivity contribution in [3.05, 3.63) is 64.8 Å². The molecule has 0 radical (unpaired) electrons. The Labute approximate surface area is 223 Å².